The smallest absolute Gasteiger partial charge is 0.404 e. The van der Waals surface area contributed by atoms with Crippen LogP contribution in [-0.4, -0.2) is 67.1 Å². The fraction of sp³-hybridized carbons (Fsp3) is 0.893. The van der Waals surface area contributed by atoms with Gasteiger partial charge in [0.25, 0.3) is 5.96 Å². The van der Waals surface area contributed by atoms with E-state index in [1.807, 2.05) is 5.43 Å². The molecule has 5 aliphatic rings. The molecule has 41 heavy (non-hydrogen) atoms. The third kappa shape index (κ3) is 7.22. The van der Waals surface area contributed by atoms with Crippen molar-refractivity contribution in [3.8, 4) is 0 Å². The van der Waals surface area contributed by atoms with Gasteiger partial charge in [-0.1, -0.05) is 33.1 Å². The van der Waals surface area contributed by atoms with Crippen molar-refractivity contribution in [2.75, 3.05) is 19.6 Å². The van der Waals surface area contributed by atoms with E-state index >= 15 is 0 Å². The molecule has 12 nitrogen and oxygen atoms in total. The van der Waals surface area contributed by atoms with Gasteiger partial charge in [-0.15, -0.1) is 0 Å². The highest BCUT2D eigenvalue weighted by molar-refractivity contribution is 6.47. The fourth-order valence-electron chi connectivity index (χ4n) is 7.66. The maximum absolute atomic E-state index is 13.8. The predicted molar refractivity (Wildman–Crippen MR) is 156 cm³/mol. The van der Waals surface area contributed by atoms with Crippen molar-refractivity contribution in [3.63, 3.8) is 0 Å². The number of nitrogens with two attached hydrogens (primary N) is 1. The Morgan fingerprint density at radius 3 is 2.56 bits per heavy atom. The van der Waals surface area contributed by atoms with E-state index in [2.05, 4.69) is 50.2 Å². The first-order valence-corrected chi connectivity index (χ1v) is 15.4. The minimum absolute atomic E-state index is 0.0178. The van der Waals surface area contributed by atoms with Crippen LogP contribution >= 0.6 is 0 Å². The zero-order valence-corrected chi connectivity index (χ0v) is 25.3. The molecule has 6 atom stereocenters. The second-order valence-electron chi connectivity index (χ2n) is 13.8. The van der Waals surface area contributed by atoms with Crippen LogP contribution in [0.3, 0.4) is 0 Å². The van der Waals surface area contributed by atoms with Gasteiger partial charge in [-0.3, -0.25) is 9.59 Å². The molecule has 0 aromatic carbocycles. The third-order valence-corrected chi connectivity index (χ3v) is 10.2. The number of hydrazine groups is 1. The number of nitrogens with one attached hydrogen (secondary N) is 3. The molecule has 2 aliphatic heterocycles. The summed E-state index contributed by atoms with van der Waals surface area (Å²) in [5.74, 6) is 0.0720. The van der Waals surface area contributed by atoms with Gasteiger partial charge in [-0.25, -0.2) is 15.1 Å². The lowest BCUT2D eigenvalue weighted by Gasteiger charge is -2.64. The number of piperidine rings is 1. The number of nitro groups is 1. The number of Topliss-reactive ketones (excluding diaryl/α,β-unsaturated/α-hetero) is 1. The minimum Gasteiger partial charge on any atom is -0.404 e. The van der Waals surface area contributed by atoms with E-state index in [0.29, 0.717) is 37.0 Å². The van der Waals surface area contributed by atoms with Crippen LogP contribution in [0.15, 0.2) is 4.99 Å². The monoisotopic (exact) mass is 576 g/mol. The summed E-state index contributed by atoms with van der Waals surface area (Å²) >= 11 is 0. The van der Waals surface area contributed by atoms with Gasteiger partial charge in [0.05, 0.1) is 17.6 Å². The molecule has 5 N–H and O–H groups in total. The van der Waals surface area contributed by atoms with E-state index in [1.54, 1.807) is 0 Å². The summed E-state index contributed by atoms with van der Waals surface area (Å²) in [5, 5.41) is 16.3. The molecule has 3 aliphatic carbocycles. The molecule has 1 amide bonds. The Balaban J connectivity index is 1.43. The summed E-state index contributed by atoms with van der Waals surface area (Å²) in [6, 6.07) is 0. The van der Waals surface area contributed by atoms with Gasteiger partial charge in [0.1, 0.15) is 5.78 Å². The summed E-state index contributed by atoms with van der Waals surface area (Å²) < 4.78 is 13.2. The summed E-state index contributed by atoms with van der Waals surface area (Å²) in [4.78, 5) is 41.6. The number of ketones is 1. The average molecular weight is 577 g/mol. The highest BCUT2D eigenvalue weighted by atomic mass is 16.7. The minimum atomic E-state index is -0.768. The number of hydrogen-bond donors (Lipinski definition) is 4. The van der Waals surface area contributed by atoms with Gasteiger partial charge in [0.15, 0.2) is 5.03 Å². The Kier molecular flexibility index (Phi) is 10.0. The van der Waals surface area contributed by atoms with Gasteiger partial charge in [0, 0.05) is 24.8 Å². The normalized spacial score (nSPS) is 30.7. The summed E-state index contributed by atoms with van der Waals surface area (Å²) in [6.45, 7) is 12.9. The molecule has 0 spiro atoms. The van der Waals surface area contributed by atoms with Crippen LogP contribution in [0.4, 0.5) is 0 Å². The van der Waals surface area contributed by atoms with Crippen molar-refractivity contribution in [2.24, 2.45) is 45.7 Å². The number of carbonyl (C=O) groups is 2. The molecule has 0 aromatic rings. The lowest BCUT2D eigenvalue weighted by Crippen LogP contribution is -2.65. The number of aliphatic imine (C=N–C) groups is 1. The quantitative estimate of drug-likeness (QED) is 0.0641. The lowest BCUT2D eigenvalue weighted by molar-refractivity contribution is -0.525. The molecule has 13 heteroatoms. The molecule has 2 heterocycles. The Labute approximate surface area is 244 Å². The maximum atomic E-state index is 13.8. The second-order valence-corrected chi connectivity index (χ2v) is 13.8. The van der Waals surface area contributed by atoms with Crippen molar-refractivity contribution in [1.29, 1.82) is 0 Å². The summed E-state index contributed by atoms with van der Waals surface area (Å²) in [5.41, 5.74) is 7.21. The van der Waals surface area contributed by atoms with E-state index in [-0.39, 0.29) is 59.6 Å². The van der Waals surface area contributed by atoms with Crippen molar-refractivity contribution in [1.82, 2.24) is 16.1 Å². The van der Waals surface area contributed by atoms with E-state index in [0.717, 1.165) is 38.8 Å². The van der Waals surface area contributed by atoms with Crippen molar-refractivity contribution >= 4 is 24.8 Å². The standard InChI is InChI=1S/C28H49BN6O6/c1-17(2)13-24(29-40-23-16-20-15-22(27(20,3)4)28(23,5)41-29)33-25(37)19(7-6-10-32-26(30)34-35(38)39)14-21(36)18-8-11-31-12-9-18/h17-20,22-24,31H,6-16H2,1-5H3,(H,33,37)(H3,30,32,34)/t19-,20+,22+,23-,24+,28+/m1/s1. The molecule has 0 aromatic heterocycles. The lowest BCUT2D eigenvalue weighted by atomic mass is 9.43. The van der Waals surface area contributed by atoms with Gasteiger partial charge < -0.3 is 25.7 Å². The number of rotatable bonds is 13. The zero-order chi connectivity index (χ0) is 29.9. The number of amides is 1. The van der Waals surface area contributed by atoms with Crippen LogP contribution in [-0.2, 0) is 18.9 Å². The topological polar surface area (TPSA) is 170 Å². The first-order valence-electron chi connectivity index (χ1n) is 15.4. The molecule has 2 bridgehead atoms. The number of carbonyl (C=O) groups excluding carboxylic acids is 2. The SMILES string of the molecule is CC(C)C[C@H](NC(=O)[C@H](CCCN=C(N)N[N+](=O)[O-])CC(=O)C1CCNCC1)B1O[C@@H]2C[C@@H]3C[C@@H](C3(C)C)[C@]2(C)O1. The third-order valence-electron chi connectivity index (χ3n) is 10.2. The second kappa shape index (κ2) is 13.0. The van der Waals surface area contributed by atoms with Gasteiger partial charge in [-0.2, -0.15) is 0 Å². The van der Waals surface area contributed by atoms with Crippen molar-refractivity contribution in [3.05, 3.63) is 10.1 Å². The van der Waals surface area contributed by atoms with Gasteiger partial charge in [-0.05, 0) is 88.1 Å². The Morgan fingerprint density at radius 2 is 1.93 bits per heavy atom. The van der Waals surface area contributed by atoms with Crippen LogP contribution in [0.2, 0.25) is 0 Å². The number of guanidine groups is 1. The van der Waals surface area contributed by atoms with E-state index in [1.165, 1.54) is 0 Å². The Hall–Kier alpha value is -2.25. The molecule has 230 valence electrons. The van der Waals surface area contributed by atoms with Crippen LogP contribution < -0.4 is 21.8 Å². The maximum Gasteiger partial charge on any atom is 0.481 e. The Bertz CT molecular complexity index is 1000. The molecular formula is C28H49BN6O6. The first kappa shape index (κ1) is 31.7. The van der Waals surface area contributed by atoms with Gasteiger partial charge >= 0.3 is 7.12 Å². The van der Waals surface area contributed by atoms with Crippen molar-refractivity contribution in [2.45, 2.75) is 104 Å². The van der Waals surface area contributed by atoms with Crippen LogP contribution in [0, 0.1) is 45.1 Å². The highest BCUT2D eigenvalue weighted by Crippen LogP contribution is 2.65. The van der Waals surface area contributed by atoms with Crippen LogP contribution in [0.5, 0.6) is 0 Å². The van der Waals surface area contributed by atoms with E-state index in [4.69, 9.17) is 15.0 Å². The highest BCUT2D eigenvalue weighted by Gasteiger charge is 2.68. The van der Waals surface area contributed by atoms with Crippen LogP contribution in [0.1, 0.15) is 86.0 Å². The van der Waals surface area contributed by atoms with Crippen molar-refractivity contribution < 1.29 is 23.9 Å². The molecular weight excluding hydrogens is 527 g/mol. The Morgan fingerprint density at radius 1 is 1.22 bits per heavy atom. The predicted octanol–water partition coefficient (Wildman–Crippen LogP) is 2.24. The van der Waals surface area contributed by atoms with E-state index < -0.39 is 18.1 Å². The molecule has 5 rings (SSSR count). The van der Waals surface area contributed by atoms with Crippen LogP contribution in [0.25, 0.3) is 0 Å². The fourth-order valence-corrected chi connectivity index (χ4v) is 7.66. The zero-order valence-electron chi connectivity index (χ0n) is 25.3. The summed E-state index contributed by atoms with van der Waals surface area (Å²) in [6.07, 6.45) is 5.42. The molecule has 0 unspecified atom stereocenters. The number of nitrogens with zero attached hydrogens (tertiary/aromatic N) is 2. The number of hydrogen-bond acceptors (Lipinski definition) is 8. The largest absolute Gasteiger partial charge is 0.481 e. The van der Waals surface area contributed by atoms with Gasteiger partial charge in [0.2, 0.25) is 5.91 Å². The average Bonchev–Trinajstić information content (AvgIpc) is 3.26. The molecule has 5 fully saturated rings. The molecule has 0 radical (unpaired) electrons. The summed E-state index contributed by atoms with van der Waals surface area (Å²) in [7, 11) is -0.537. The molecule has 2 saturated heterocycles. The van der Waals surface area contributed by atoms with E-state index in [9.17, 15) is 19.7 Å². The first-order chi connectivity index (χ1) is 19.3. The molecule has 3 saturated carbocycles.